The zero-order valence-corrected chi connectivity index (χ0v) is 11.3. The van der Waals surface area contributed by atoms with E-state index in [4.69, 9.17) is 5.11 Å². The van der Waals surface area contributed by atoms with E-state index in [0.717, 1.165) is 18.9 Å². The maximum absolute atomic E-state index is 13.1. The number of carboxylic acid groups (broad SMARTS) is 1. The van der Waals surface area contributed by atoms with Gasteiger partial charge in [0.2, 0.25) is 0 Å². The molecule has 0 aromatic heterocycles. The van der Waals surface area contributed by atoms with Crippen LogP contribution in [0.15, 0.2) is 18.2 Å². The first kappa shape index (κ1) is 13.8. The largest absolute Gasteiger partial charge is 0.478 e. The van der Waals surface area contributed by atoms with E-state index in [1.807, 2.05) is 0 Å². The number of rotatable bonds is 3. The Morgan fingerprint density at radius 2 is 1.89 bits per heavy atom. The molecule has 1 aliphatic carbocycles. The van der Waals surface area contributed by atoms with Crippen molar-refractivity contribution in [2.75, 3.05) is 5.32 Å². The molecular formula is C15H20FNO2. The highest BCUT2D eigenvalue weighted by Crippen LogP contribution is 2.31. The monoisotopic (exact) mass is 265 g/mol. The number of carbonyl (C=O) groups is 1. The lowest BCUT2D eigenvalue weighted by Gasteiger charge is -2.32. The van der Waals surface area contributed by atoms with Gasteiger partial charge in [-0.1, -0.05) is 13.8 Å². The minimum atomic E-state index is -1.10. The van der Waals surface area contributed by atoms with E-state index >= 15 is 0 Å². The van der Waals surface area contributed by atoms with Crippen molar-refractivity contribution in [3.63, 3.8) is 0 Å². The SMILES string of the molecule is CC1CC(C)CC(Nc2ccc(F)cc2C(=O)O)C1. The summed E-state index contributed by atoms with van der Waals surface area (Å²) in [5.41, 5.74) is 0.520. The van der Waals surface area contributed by atoms with Crippen LogP contribution in [0.2, 0.25) is 0 Å². The summed E-state index contributed by atoms with van der Waals surface area (Å²) in [4.78, 5) is 11.1. The Balaban J connectivity index is 2.16. The van der Waals surface area contributed by atoms with E-state index in [0.29, 0.717) is 17.5 Å². The highest BCUT2D eigenvalue weighted by atomic mass is 19.1. The van der Waals surface area contributed by atoms with Gasteiger partial charge in [-0.2, -0.15) is 0 Å². The molecular weight excluding hydrogens is 245 g/mol. The molecule has 3 nitrogen and oxygen atoms in total. The lowest BCUT2D eigenvalue weighted by Crippen LogP contribution is -2.30. The second kappa shape index (κ2) is 5.59. The maximum atomic E-state index is 13.1. The third-order valence-electron chi connectivity index (χ3n) is 3.75. The van der Waals surface area contributed by atoms with Gasteiger partial charge in [0.05, 0.1) is 5.56 Å². The molecule has 0 radical (unpaired) electrons. The number of hydrogen-bond acceptors (Lipinski definition) is 2. The van der Waals surface area contributed by atoms with Crippen LogP contribution in [0.3, 0.4) is 0 Å². The Labute approximate surface area is 112 Å². The fraction of sp³-hybridized carbons (Fsp3) is 0.533. The molecule has 0 aliphatic heterocycles. The summed E-state index contributed by atoms with van der Waals surface area (Å²) in [5, 5.41) is 12.4. The number of carboxylic acids is 1. The van der Waals surface area contributed by atoms with Crippen molar-refractivity contribution >= 4 is 11.7 Å². The average molecular weight is 265 g/mol. The maximum Gasteiger partial charge on any atom is 0.337 e. The smallest absolute Gasteiger partial charge is 0.337 e. The highest BCUT2D eigenvalue weighted by Gasteiger charge is 2.24. The van der Waals surface area contributed by atoms with Gasteiger partial charge in [-0.05, 0) is 49.3 Å². The molecule has 0 bridgehead atoms. The first-order chi connectivity index (χ1) is 8.95. The standard InChI is InChI=1S/C15H20FNO2/c1-9-5-10(2)7-12(6-9)17-14-4-3-11(16)8-13(14)15(18)19/h3-4,8-10,12,17H,5-7H2,1-2H3,(H,18,19). The predicted octanol–water partition coefficient (Wildman–Crippen LogP) is 3.76. The summed E-state index contributed by atoms with van der Waals surface area (Å²) in [5.74, 6) is -0.350. The number of benzene rings is 1. The first-order valence-electron chi connectivity index (χ1n) is 6.75. The number of halogens is 1. The molecule has 4 heteroatoms. The molecule has 19 heavy (non-hydrogen) atoms. The molecule has 1 fully saturated rings. The van der Waals surface area contributed by atoms with Gasteiger partial charge in [-0.15, -0.1) is 0 Å². The first-order valence-corrected chi connectivity index (χ1v) is 6.75. The summed E-state index contributed by atoms with van der Waals surface area (Å²) < 4.78 is 13.1. The molecule has 1 aromatic rings. The summed E-state index contributed by atoms with van der Waals surface area (Å²) in [7, 11) is 0. The van der Waals surface area contributed by atoms with Gasteiger partial charge < -0.3 is 10.4 Å². The number of hydrogen-bond donors (Lipinski definition) is 2. The quantitative estimate of drug-likeness (QED) is 0.874. The van der Waals surface area contributed by atoms with Crippen LogP contribution in [0, 0.1) is 17.7 Å². The third-order valence-corrected chi connectivity index (χ3v) is 3.75. The van der Waals surface area contributed by atoms with E-state index in [1.54, 1.807) is 0 Å². The molecule has 104 valence electrons. The zero-order valence-electron chi connectivity index (χ0n) is 11.3. The Kier molecular flexibility index (Phi) is 4.08. The zero-order chi connectivity index (χ0) is 14.0. The fourth-order valence-corrected chi connectivity index (χ4v) is 3.10. The summed E-state index contributed by atoms with van der Waals surface area (Å²) >= 11 is 0. The molecule has 0 amide bonds. The second-order valence-electron chi connectivity index (χ2n) is 5.75. The van der Waals surface area contributed by atoms with Gasteiger partial charge in [-0.3, -0.25) is 0 Å². The third kappa shape index (κ3) is 3.46. The Bertz CT molecular complexity index is 465. The lowest BCUT2D eigenvalue weighted by atomic mass is 9.80. The minimum absolute atomic E-state index is 0.00544. The van der Waals surface area contributed by atoms with Crippen LogP contribution in [0.25, 0.3) is 0 Å². The molecule has 1 aliphatic rings. The van der Waals surface area contributed by atoms with Crippen molar-refractivity contribution in [1.82, 2.24) is 0 Å². The van der Waals surface area contributed by atoms with E-state index in [2.05, 4.69) is 19.2 Å². The average Bonchev–Trinajstić information content (AvgIpc) is 2.30. The van der Waals surface area contributed by atoms with Crippen LogP contribution in [0.4, 0.5) is 10.1 Å². The molecule has 1 aromatic carbocycles. The van der Waals surface area contributed by atoms with Gasteiger partial charge in [0.25, 0.3) is 0 Å². The van der Waals surface area contributed by atoms with E-state index < -0.39 is 11.8 Å². The molecule has 2 atom stereocenters. The van der Waals surface area contributed by atoms with Crippen LogP contribution < -0.4 is 5.32 Å². The van der Waals surface area contributed by atoms with Gasteiger partial charge in [0.15, 0.2) is 0 Å². The van der Waals surface area contributed by atoms with Crippen molar-refractivity contribution in [2.45, 2.75) is 39.2 Å². The minimum Gasteiger partial charge on any atom is -0.478 e. The van der Waals surface area contributed by atoms with Gasteiger partial charge >= 0.3 is 5.97 Å². The lowest BCUT2D eigenvalue weighted by molar-refractivity contribution is 0.0697. The Morgan fingerprint density at radius 3 is 2.47 bits per heavy atom. The second-order valence-corrected chi connectivity index (χ2v) is 5.75. The molecule has 2 rings (SSSR count). The van der Waals surface area contributed by atoms with Crippen molar-refractivity contribution in [3.05, 3.63) is 29.6 Å². The highest BCUT2D eigenvalue weighted by molar-refractivity contribution is 5.94. The van der Waals surface area contributed by atoms with E-state index in [1.165, 1.54) is 18.6 Å². The Morgan fingerprint density at radius 1 is 1.26 bits per heavy atom. The van der Waals surface area contributed by atoms with Crippen LogP contribution in [-0.2, 0) is 0 Å². The van der Waals surface area contributed by atoms with Crippen LogP contribution in [-0.4, -0.2) is 17.1 Å². The predicted molar refractivity (Wildman–Crippen MR) is 72.9 cm³/mol. The van der Waals surface area contributed by atoms with Gasteiger partial charge in [0.1, 0.15) is 5.82 Å². The Hall–Kier alpha value is -1.58. The van der Waals surface area contributed by atoms with E-state index in [9.17, 15) is 9.18 Å². The number of nitrogens with one attached hydrogen (secondary N) is 1. The summed E-state index contributed by atoms with van der Waals surface area (Å²) in [6.07, 6.45) is 3.27. The van der Waals surface area contributed by atoms with Crippen molar-refractivity contribution in [1.29, 1.82) is 0 Å². The van der Waals surface area contributed by atoms with Crippen LogP contribution >= 0.6 is 0 Å². The topological polar surface area (TPSA) is 49.3 Å². The van der Waals surface area contributed by atoms with Crippen LogP contribution in [0.5, 0.6) is 0 Å². The molecule has 2 unspecified atom stereocenters. The fourth-order valence-electron chi connectivity index (χ4n) is 3.10. The van der Waals surface area contributed by atoms with Crippen LogP contribution in [0.1, 0.15) is 43.5 Å². The van der Waals surface area contributed by atoms with Crippen molar-refractivity contribution in [2.24, 2.45) is 11.8 Å². The molecule has 1 saturated carbocycles. The van der Waals surface area contributed by atoms with E-state index in [-0.39, 0.29) is 11.6 Å². The normalized spacial score (nSPS) is 27.0. The molecule has 2 N–H and O–H groups in total. The van der Waals surface area contributed by atoms with Gasteiger partial charge in [-0.25, -0.2) is 9.18 Å². The van der Waals surface area contributed by atoms with Crippen molar-refractivity contribution in [3.8, 4) is 0 Å². The summed E-state index contributed by atoms with van der Waals surface area (Å²) in [6, 6.07) is 4.15. The van der Waals surface area contributed by atoms with Gasteiger partial charge in [0, 0.05) is 11.7 Å². The number of aromatic carboxylic acids is 1. The summed E-state index contributed by atoms with van der Waals surface area (Å²) in [6.45, 7) is 4.43. The number of anilines is 1. The van der Waals surface area contributed by atoms with Crippen molar-refractivity contribution < 1.29 is 14.3 Å². The molecule has 0 spiro atoms. The molecule has 0 heterocycles. The molecule has 0 saturated heterocycles.